The van der Waals surface area contributed by atoms with E-state index in [0.717, 1.165) is 19.3 Å². The Morgan fingerprint density at radius 1 is 1.04 bits per heavy atom. The molecule has 4 fully saturated rings. The van der Waals surface area contributed by atoms with Gasteiger partial charge in [0.1, 0.15) is 0 Å². The van der Waals surface area contributed by atoms with Crippen LogP contribution in [0.1, 0.15) is 38.5 Å². The van der Waals surface area contributed by atoms with Crippen LogP contribution in [0.5, 0.6) is 0 Å². The fourth-order valence-corrected chi connectivity index (χ4v) is 5.36. The van der Waals surface area contributed by atoms with Crippen molar-refractivity contribution in [2.45, 2.75) is 49.7 Å². The second kappa shape index (κ2) is 6.61. The molecule has 0 unspecified atom stereocenters. The zero-order valence-corrected chi connectivity index (χ0v) is 16.5. The molecule has 4 aliphatic carbocycles. The third-order valence-electron chi connectivity index (χ3n) is 5.60. The third-order valence-corrected chi connectivity index (χ3v) is 6.52. The average molecular weight is 396 g/mol. The molecule has 0 aromatic rings. The largest absolute Gasteiger partial charge is 1.00 e. The second-order valence-electron chi connectivity index (χ2n) is 7.45. The molecule has 0 N–H and O–H groups in total. The Hall–Kier alpha value is 0.1000. The van der Waals surface area contributed by atoms with Crippen molar-refractivity contribution in [3.05, 3.63) is 0 Å². The van der Waals surface area contributed by atoms with Gasteiger partial charge in [0.25, 0.3) is 0 Å². The van der Waals surface area contributed by atoms with Crippen molar-refractivity contribution in [2.24, 2.45) is 23.2 Å². The number of carbonyl (C=O) groups is 1. The topological polar surface area (TPSA) is 83.5 Å². The summed E-state index contributed by atoms with van der Waals surface area (Å²) >= 11 is 0. The number of halogens is 4. The van der Waals surface area contributed by atoms with E-state index >= 15 is 0 Å². The van der Waals surface area contributed by atoms with Gasteiger partial charge in [0, 0.05) is 0 Å². The van der Waals surface area contributed by atoms with Crippen molar-refractivity contribution < 1.29 is 69.6 Å². The van der Waals surface area contributed by atoms with Crippen LogP contribution in [-0.2, 0) is 19.6 Å². The predicted octanol–water partition coefficient (Wildman–Crippen LogP) is -0.477. The molecule has 0 aromatic carbocycles. The molecule has 0 spiro atoms. The van der Waals surface area contributed by atoms with Crippen LogP contribution >= 0.6 is 0 Å². The first kappa shape index (κ1) is 21.4. The number of ether oxygens (including phenoxy) is 1. The van der Waals surface area contributed by atoms with E-state index < -0.39 is 39.3 Å². The Balaban J connectivity index is 0.00000225. The van der Waals surface area contributed by atoms with Crippen LogP contribution in [0.4, 0.5) is 17.6 Å². The summed E-state index contributed by atoms with van der Waals surface area (Å²) in [5.74, 6) is -5.32. The summed E-state index contributed by atoms with van der Waals surface area (Å²) in [5.41, 5.74) is -0.934. The Bertz CT molecular complexity index is 616. The molecule has 4 rings (SSSR count). The van der Waals surface area contributed by atoms with Gasteiger partial charge in [-0.3, -0.25) is 4.79 Å². The van der Waals surface area contributed by atoms with Gasteiger partial charge in [-0.25, -0.2) is 8.42 Å². The molecule has 11 heteroatoms. The second-order valence-corrected chi connectivity index (χ2v) is 8.87. The summed E-state index contributed by atoms with van der Waals surface area (Å²) in [4.78, 5) is 12.3. The van der Waals surface area contributed by atoms with E-state index in [1.165, 1.54) is 0 Å². The zero-order valence-electron chi connectivity index (χ0n) is 13.6. The molecule has 5 nitrogen and oxygen atoms in total. The summed E-state index contributed by atoms with van der Waals surface area (Å²) in [6.45, 7) is -2.12. The Morgan fingerprint density at radius 3 is 1.80 bits per heavy atom. The summed E-state index contributed by atoms with van der Waals surface area (Å²) in [6, 6.07) is 0. The zero-order chi connectivity index (χ0) is 18.0. The molecule has 0 heterocycles. The standard InChI is InChI=1S/C14H18F4O5S.Na/c15-13(16,14(17,18)24(20,21)22)7-23-11(19)12-4-8-1-9(5-12)3-10(2-8)6-12;/h8-10H,1-7H2,(H,20,21,22);/q;+1/p-1. The van der Waals surface area contributed by atoms with E-state index in [0.29, 0.717) is 37.0 Å². The number of hydrogen-bond acceptors (Lipinski definition) is 5. The van der Waals surface area contributed by atoms with Gasteiger partial charge in [-0.15, -0.1) is 0 Å². The van der Waals surface area contributed by atoms with E-state index in [1.54, 1.807) is 0 Å². The van der Waals surface area contributed by atoms with Crippen molar-refractivity contribution in [3.63, 3.8) is 0 Å². The molecular weight excluding hydrogens is 379 g/mol. The van der Waals surface area contributed by atoms with Crippen molar-refractivity contribution in [1.82, 2.24) is 0 Å². The molecule has 0 aliphatic heterocycles. The van der Waals surface area contributed by atoms with Gasteiger partial charge in [0.2, 0.25) is 0 Å². The van der Waals surface area contributed by atoms with Crippen molar-refractivity contribution in [2.75, 3.05) is 6.61 Å². The SMILES string of the molecule is O=C(OCC(F)(F)C(F)(F)S(=O)(=O)[O-])C12CC3CC(CC(C3)C1)C2.[Na+]. The molecular formula is C14H17F4NaO5S. The molecule has 138 valence electrons. The minimum atomic E-state index is -6.58. The van der Waals surface area contributed by atoms with Gasteiger partial charge in [-0.1, -0.05) is 0 Å². The van der Waals surface area contributed by atoms with Gasteiger partial charge in [0.15, 0.2) is 16.7 Å². The van der Waals surface area contributed by atoms with Crippen molar-refractivity contribution in [3.8, 4) is 0 Å². The predicted molar refractivity (Wildman–Crippen MR) is 71.2 cm³/mol. The van der Waals surface area contributed by atoms with E-state index in [1.807, 2.05) is 0 Å². The smallest absolute Gasteiger partial charge is 0.743 e. The summed E-state index contributed by atoms with van der Waals surface area (Å²) in [6.07, 6.45) is 4.40. The van der Waals surface area contributed by atoms with Crippen LogP contribution in [0.15, 0.2) is 0 Å². The molecule has 0 atom stereocenters. The number of alkyl halides is 4. The number of hydrogen-bond donors (Lipinski definition) is 0. The maximum atomic E-state index is 13.4. The quantitative estimate of drug-likeness (QED) is 0.271. The van der Waals surface area contributed by atoms with Gasteiger partial charge in [-0.05, 0) is 56.3 Å². The molecule has 0 radical (unpaired) electrons. The first-order valence-electron chi connectivity index (χ1n) is 7.75. The summed E-state index contributed by atoms with van der Waals surface area (Å²) < 4.78 is 88.4. The minimum Gasteiger partial charge on any atom is -0.743 e. The Morgan fingerprint density at radius 2 is 1.44 bits per heavy atom. The maximum Gasteiger partial charge on any atom is 1.00 e. The molecule has 0 amide bonds. The average Bonchev–Trinajstić information content (AvgIpc) is 2.41. The molecule has 25 heavy (non-hydrogen) atoms. The third kappa shape index (κ3) is 3.61. The fraction of sp³-hybridized carbons (Fsp3) is 0.929. The van der Waals surface area contributed by atoms with Crippen LogP contribution < -0.4 is 29.6 Å². The van der Waals surface area contributed by atoms with Crippen LogP contribution in [0, 0.1) is 23.2 Å². The van der Waals surface area contributed by atoms with E-state index in [-0.39, 0.29) is 29.6 Å². The van der Waals surface area contributed by atoms with Crippen LogP contribution in [0.2, 0.25) is 0 Å². The first-order chi connectivity index (χ1) is 10.9. The number of esters is 1. The Labute approximate surface area is 164 Å². The molecule has 4 bridgehead atoms. The summed E-state index contributed by atoms with van der Waals surface area (Å²) in [7, 11) is -6.58. The fourth-order valence-electron chi connectivity index (χ4n) is 4.94. The Kier molecular flexibility index (Phi) is 5.66. The van der Waals surface area contributed by atoms with Gasteiger partial charge >= 0.3 is 46.7 Å². The van der Waals surface area contributed by atoms with Crippen molar-refractivity contribution in [1.29, 1.82) is 0 Å². The van der Waals surface area contributed by atoms with E-state index in [2.05, 4.69) is 4.74 Å². The minimum absolute atomic E-state index is 0. The molecule has 0 saturated heterocycles. The number of rotatable bonds is 5. The van der Waals surface area contributed by atoms with Gasteiger partial charge in [-0.2, -0.15) is 17.6 Å². The first-order valence-corrected chi connectivity index (χ1v) is 9.15. The van der Waals surface area contributed by atoms with Crippen molar-refractivity contribution >= 4 is 16.1 Å². The van der Waals surface area contributed by atoms with Gasteiger partial charge in [0.05, 0.1) is 5.41 Å². The van der Waals surface area contributed by atoms with E-state index in [4.69, 9.17) is 0 Å². The van der Waals surface area contributed by atoms with Gasteiger partial charge < -0.3 is 9.29 Å². The van der Waals surface area contributed by atoms with Crippen LogP contribution in [-0.4, -0.2) is 36.7 Å². The normalized spacial score (nSPS) is 34.5. The van der Waals surface area contributed by atoms with Crippen LogP contribution in [0.3, 0.4) is 0 Å². The monoisotopic (exact) mass is 396 g/mol. The summed E-state index contributed by atoms with van der Waals surface area (Å²) in [5, 5.41) is -5.83. The molecule has 4 saturated carbocycles. The van der Waals surface area contributed by atoms with E-state index in [9.17, 15) is 35.3 Å². The molecule has 0 aromatic heterocycles. The molecule has 4 aliphatic rings. The number of carbonyl (C=O) groups excluding carboxylic acids is 1. The maximum absolute atomic E-state index is 13.4. The van der Waals surface area contributed by atoms with Crippen LogP contribution in [0.25, 0.3) is 0 Å².